The zero-order valence-corrected chi connectivity index (χ0v) is 13.2. The predicted octanol–water partition coefficient (Wildman–Crippen LogP) is 2.58. The van der Waals surface area contributed by atoms with Crippen LogP contribution in [-0.4, -0.2) is 16.0 Å². The van der Waals surface area contributed by atoms with Crippen molar-refractivity contribution in [3.8, 4) is 0 Å². The molecule has 2 aromatic heterocycles. The van der Waals surface area contributed by atoms with Gasteiger partial charge in [0.15, 0.2) is 5.16 Å². The minimum Gasteiger partial charge on any atom is -0.383 e. The lowest BCUT2D eigenvalue weighted by Crippen LogP contribution is -2.25. The number of anilines is 2. The van der Waals surface area contributed by atoms with E-state index in [1.54, 1.807) is 17.4 Å². The number of nitrogens with zero attached hydrogens (tertiary/aromatic N) is 2. The Labute approximate surface area is 127 Å². The quantitative estimate of drug-likeness (QED) is 0.579. The third-order valence-electron chi connectivity index (χ3n) is 2.88. The Balaban J connectivity index is 2.28. The highest BCUT2D eigenvalue weighted by Gasteiger charge is 2.23. The van der Waals surface area contributed by atoms with Crippen LogP contribution in [0, 0.1) is 6.92 Å². The van der Waals surface area contributed by atoms with Gasteiger partial charge in [-0.15, -0.1) is 11.3 Å². The molecule has 7 heteroatoms. The molecule has 2 heterocycles. The van der Waals surface area contributed by atoms with Gasteiger partial charge in [0.2, 0.25) is 0 Å². The molecule has 0 amide bonds. The highest BCUT2D eigenvalue weighted by molar-refractivity contribution is 7.99. The highest BCUT2D eigenvalue weighted by atomic mass is 32.2. The molecule has 0 radical (unpaired) electrons. The number of rotatable bonds is 5. The topological polar surface area (TPSA) is 104 Å². The third-order valence-corrected chi connectivity index (χ3v) is 5.36. The average Bonchev–Trinajstić information content (AvgIpc) is 2.80. The van der Waals surface area contributed by atoms with Crippen LogP contribution < -0.4 is 17.2 Å². The van der Waals surface area contributed by atoms with Gasteiger partial charge in [0.1, 0.15) is 11.6 Å². The summed E-state index contributed by atoms with van der Waals surface area (Å²) in [5, 5.41) is 0.683. The van der Waals surface area contributed by atoms with Gasteiger partial charge in [0.05, 0.1) is 5.25 Å². The van der Waals surface area contributed by atoms with Crippen LogP contribution in [-0.2, 0) is 0 Å². The molecular weight excluding hydrogens is 290 g/mol. The number of nitrogen functional groups attached to an aromatic ring is 2. The van der Waals surface area contributed by atoms with Crippen molar-refractivity contribution >= 4 is 34.7 Å². The lowest BCUT2D eigenvalue weighted by molar-refractivity contribution is 0.638. The summed E-state index contributed by atoms with van der Waals surface area (Å²) in [4.78, 5) is 10.9. The van der Waals surface area contributed by atoms with Crippen molar-refractivity contribution in [3.63, 3.8) is 0 Å². The maximum atomic E-state index is 6.25. The van der Waals surface area contributed by atoms with E-state index in [2.05, 4.69) is 35.9 Å². The minimum absolute atomic E-state index is 0.0318. The Kier molecular flexibility index (Phi) is 4.85. The van der Waals surface area contributed by atoms with Crippen molar-refractivity contribution in [1.82, 2.24) is 9.97 Å². The molecule has 2 unspecified atom stereocenters. The minimum atomic E-state index is 0.0318. The van der Waals surface area contributed by atoms with E-state index in [0.717, 1.165) is 6.42 Å². The van der Waals surface area contributed by atoms with Crippen LogP contribution in [0.5, 0.6) is 0 Å². The summed E-state index contributed by atoms with van der Waals surface area (Å²) in [7, 11) is 0. The molecule has 2 atom stereocenters. The maximum Gasteiger partial charge on any atom is 0.192 e. The van der Waals surface area contributed by atoms with Crippen LogP contribution in [0.1, 0.15) is 28.3 Å². The number of thioether (sulfide) groups is 1. The Morgan fingerprint density at radius 2 is 1.90 bits per heavy atom. The Morgan fingerprint density at radius 1 is 1.25 bits per heavy atom. The van der Waals surface area contributed by atoms with Crippen LogP contribution >= 0.6 is 23.1 Å². The fraction of sp³-hybridized carbons (Fsp3) is 0.385. The SMILES string of the molecule is CCC(N)C(Sc1nc(N)cc(N)n1)c1ccc(C)s1. The molecule has 0 spiro atoms. The Morgan fingerprint density at radius 3 is 2.40 bits per heavy atom. The molecule has 0 aliphatic heterocycles. The molecule has 20 heavy (non-hydrogen) atoms. The van der Waals surface area contributed by atoms with Gasteiger partial charge in [-0.05, 0) is 25.5 Å². The summed E-state index contributed by atoms with van der Waals surface area (Å²) in [6.07, 6.45) is 0.881. The van der Waals surface area contributed by atoms with E-state index in [1.807, 2.05) is 0 Å². The summed E-state index contributed by atoms with van der Waals surface area (Å²) < 4.78 is 0. The lowest BCUT2D eigenvalue weighted by atomic mass is 10.1. The van der Waals surface area contributed by atoms with Gasteiger partial charge < -0.3 is 17.2 Å². The van der Waals surface area contributed by atoms with E-state index >= 15 is 0 Å². The largest absolute Gasteiger partial charge is 0.383 e. The van der Waals surface area contributed by atoms with Crippen molar-refractivity contribution in [2.24, 2.45) is 5.73 Å². The van der Waals surface area contributed by atoms with Gasteiger partial charge >= 0.3 is 0 Å². The molecule has 0 fully saturated rings. The molecule has 108 valence electrons. The molecular formula is C13H19N5S2. The van der Waals surface area contributed by atoms with Crippen LogP contribution in [0.4, 0.5) is 11.6 Å². The van der Waals surface area contributed by atoms with Crippen molar-refractivity contribution in [2.45, 2.75) is 36.7 Å². The Hall–Kier alpha value is -1.31. The first-order chi connectivity index (χ1) is 9.49. The fourth-order valence-corrected chi connectivity index (χ4v) is 4.13. The first-order valence-corrected chi connectivity index (χ1v) is 8.07. The van der Waals surface area contributed by atoms with E-state index in [9.17, 15) is 0 Å². The monoisotopic (exact) mass is 309 g/mol. The molecule has 0 aromatic carbocycles. The van der Waals surface area contributed by atoms with Crippen molar-refractivity contribution < 1.29 is 0 Å². The number of aryl methyl sites for hydroxylation is 1. The van der Waals surface area contributed by atoms with Crippen LogP contribution in [0.3, 0.4) is 0 Å². The number of hydrogen-bond acceptors (Lipinski definition) is 7. The molecule has 0 aliphatic carbocycles. The first-order valence-electron chi connectivity index (χ1n) is 6.38. The second-order valence-electron chi connectivity index (χ2n) is 4.56. The number of aromatic nitrogens is 2. The average molecular weight is 309 g/mol. The highest BCUT2D eigenvalue weighted by Crippen LogP contribution is 2.39. The van der Waals surface area contributed by atoms with E-state index in [1.165, 1.54) is 21.5 Å². The smallest absolute Gasteiger partial charge is 0.192 e. The number of hydrogen-bond donors (Lipinski definition) is 3. The molecule has 0 saturated heterocycles. The maximum absolute atomic E-state index is 6.25. The molecule has 2 aromatic rings. The Bertz CT molecular complexity index is 564. The molecule has 2 rings (SSSR count). The van der Waals surface area contributed by atoms with E-state index in [4.69, 9.17) is 17.2 Å². The van der Waals surface area contributed by atoms with E-state index in [-0.39, 0.29) is 11.3 Å². The number of thiophene rings is 1. The van der Waals surface area contributed by atoms with Gasteiger partial charge in [-0.3, -0.25) is 0 Å². The lowest BCUT2D eigenvalue weighted by Gasteiger charge is -2.20. The standard InChI is InChI=1S/C13H19N5S2/c1-3-8(14)12(9-5-4-7(2)19-9)20-13-17-10(15)6-11(16)18-13/h4-6,8,12H,3,14H2,1-2H3,(H4,15,16,17,18). The van der Waals surface area contributed by atoms with Gasteiger partial charge in [-0.2, -0.15) is 0 Å². The van der Waals surface area contributed by atoms with Gasteiger partial charge in [0, 0.05) is 21.9 Å². The van der Waals surface area contributed by atoms with Crippen LogP contribution in [0.15, 0.2) is 23.4 Å². The summed E-state index contributed by atoms with van der Waals surface area (Å²) in [6.45, 7) is 4.16. The second-order valence-corrected chi connectivity index (χ2v) is 6.99. The zero-order valence-electron chi connectivity index (χ0n) is 11.5. The summed E-state index contributed by atoms with van der Waals surface area (Å²) in [6, 6.07) is 5.80. The fourth-order valence-electron chi connectivity index (χ4n) is 1.81. The normalized spacial score (nSPS) is 14.2. The molecule has 5 nitrogen and oxygen atoms in total. The molecule has 0 saturated carbocycles. The van der Waals surface area contributed by atoms with E-state index in [0.29, 0.717) is 16.8 Å². The second kappa shape index (κ2) is 6.43. The summed E-state index contributed by atoms with van der Waals surface area (Å²) in [5.41, 5.74) is 17.7. The van der Waals surface area contributed by atoms with Crippen molar-refractivity contribution in [2.75, 3.05) is 11.5 Å². The molecule has 0 bridgehead atoms. The van der Waals surface area contributed by atoms with Gasteiger partial charge in [0.25, 0.3) is 0 Å². The summed E-state index contributed by atoms with van der Waals surface area (Å²) >= 11 is 3.27. The zero-order chi connectivity index (χ0) is 14.7. The van der Waals surface area contributed by atoms with Crippen LogP contribution in [0.25, 0.3) is 0 Å². The van der Waals surface area contributed by atoms with Gasteiger partial charge in [-0.25, -0.2) is 9.97 Å². The van der Waals surface area contributed by atoms with Crippen molar-refractivity contribution in [3.05, 3.63) is 28.0 Å². The van der Waals surface area contributed by atoms with Crippen molar-refractivity contribution in [1.29, 1.82) is 0 Å². The molecule has 6 N–H and O–H groups in total. The summed E-state index contributed by atoms with van der Waals surface area (Å²) in [5.74, 6) is 0.761. The number of nitrogens with two attached hydrogens (primary N) is 3. The van der Waals surface area contributed by atoms with E-state index < -0.39 is 0 Å². The third kappa shape index (κ3) is 3.62. The predicted molar refractivity (Wildman–Crippen MR) is 86.8 cm³/mol. The van der Waals surface area contributed by atoms with Gasteiger partial charge in [-0.1, -0.05) is 18.7 Å². The molecule has 0 aliphatic rings. The first kappa shape index (κ1) is 15.1. The van der Waals surface area contributed by atoms with Crippen LogP contribution in [0.2, 0.25) is 0 Å².